The van der Waals surface area contributed by atoms with Crippen LogP contribution in [0.3, 0.4) is 0 Å². The first-order valence-electron chi connectivity index (χ1n) is 7.28. The topological polar surface area (TPSA) is 12.0 Å². The number of hydrogen-bond donors (Lipinski definition) is 1. The first kappa shape index (κ1) is 15.6. The van der Waals surface area contributed by atoms with Crippen LogP contribution < -0.4 is 5.32 Å². The second-order valence-electron chi connectivity index (χ2n) is 5.61. The van der Waals surface area contributed by atoms with Crippen LogP contribution in [-0.2, 0) is 6.42 Å². The Morgan fingerprint density at radius 3 is 2.24 bits per heavy atom. The summed E-state index contributed by atoms with van der Waals surface area (Å²) < 4.78 is 27.0. The zero-order valence-corrected chi connectivity index (χ0v) is 12.4. The van der Waals surface area contributed by atoms with Crippen LogP contribution in [0.25, 0.3) is 0 Å². The summed E-state index contributed by atoms with van der Waals surface area (Å²) in [5.74, 6) is -0.407. The van der Waals surface area contributed by atoms with E-state index >= 15 is 0 Å². The van der Waals surface area contributed by atoms with Gasteiger partial charge in [0.2, 0.25) is 0 Å². The summed E-state index contributed by atoms with van der Waals surface area (Å²) in [7, 11) is 0. The molecule has 2 aromatic carbocycles. The standard InChI is InChI=1S/C18H21F2N/c1-13(2)21-12-15(17-5-3-4-6-18(17)20)11-14-7-9-16(19)10-8-14/h3-10,13,15,21H,11-12H2,1-2H3. The van der Waals surface area contributed by atoms with Gasteiger partial charge in [0.05, 0.1) is 0 Å². The van der Waals surface area contributed by atoms with Crippen molar-refractivity contribution in [3.8, 4) is 0 Å². The fourth-order valence-electron chi connectivity index (χ4n) is 2.38. The zero-order valence-electron chi connectivity index (χ0n) is 12.4. The molecule has 0 saturated carbocycles. The van der Waals surface area contributed by atoms with Crippen LogP contribution >= 0.6 is 0 Å². The maximum Gasteiger partial charge on any atom is 0.126 e. The molecular formula is C18H21F2N. The van der Waals surface area contributed by atoms with Crippen molar-refractivity contribution in [2.75, 3.05) is 6.54 Å². The molecule has 21 heavy (non-hydrogen) atoms. The van der Waals surface area contributed by atoms with Gasteiger partial charge in [-0.1, -0.05) is 44.2 Å². The minimum Gasteiger partial charge on any atom is -0.314 e. The molecule has 1 N–H and O–H groups in total. The van der Waals surface area contributed by atoms with Crippen LogP contribution in [0.2, 0.25) is 0 Å². The minimum absolute atomic E-state index is 0.0269. The van der Waals surface area contributed by atoms with E-state index in [0.717, 1.165) is 5.56 Å². The molecule has 0 heterocycles. The molecule has 1 atom stereocenters. The SMILES string of the molecule is CC(C)NCC(Cc1ccc(F)cc1)c1ccccc1F. The van der Waals surface area contributed by atoms with Gasteiger partial charge in [-0.3, -0.25) is 0 Å². The number of nitrogens with one attached hydrogen (secondary N) is 1. The lowest BCUT2D eigenvalue weighted by atomic mass is 9.91. The molecule has 1 nitrogen and oxygen atoms in total. The van der Waals surface area contributed by atoms with Gasteiger partial charge in [0.1, 0.15) is 11.6 Å². The highest BCUT2D eigenvalue weighted by molar-refractivity contribution is 5.26. The van der Waals surface area contributed by atoms with Gasteiger partial charge in [0, 0.05) is 18.5 Å². The molecule has 0 aliphatic rings. The van der Waals surface area contributed by atoms with Gasteiger partial charge < -0.3 is 5.32 Å². The molecule has 0 amide bonds. The number of halogens is 2. The highest BCUT2D eigenvalue weighted by Crippen LogP contribution is 2.23. The normalized spacial score (nSPS) is 12.6. The van der Waals surface area contributed by atoms with Crippen molar-refractivity contribution in [2.45, 2.75) is 32.2 Å². The van der Waals surface area contributed by atoms with Gasteiger partial charge in [0.15, 0.2) is 0 Å². The van der Waals surface area contributed by atoms with E-state index in [1.54, 1.807) is 18.2 Å². The molecule has 0 fully saturated rings. The highest BCUT2D eigenvalue weighted by Gasteiger charge is 2.16. The third-order valence-electron chi connectivity index (χ3n) is 3.51. The van der Waals surface area contributed by atoms with Gasteiger partial charge in [-0.25, -0.2) is 8.78 Å². The Kier molecular flexibility index (Phi) is 5.45. The van der Waals surface area contributed by atoms with Crippen LogP contribution in [0, 0.1) is 11.6 Å². The Morgan fingerprint density at radius 2 is 1.62 bits per heavy atom. The van der Waals surface area contributed by atoms with Crippen molar-refractivity contribution in [1.82, 2.24) is 5.32 Å². The van der Waals surface area contributed by atoms with Gasteiger partial charge in [-0.05, 0) is 35.7 Å². The molecule has 112 valence electrons. The number of rotatable bonds is 6. The van der Waals surface area contributed by atoms with E-state index in [-0.39, 0.29) is 17.6 Å². The van der Waals surface area contributed by atoms with Crippen molar-refractivity contribution in [3.63, 3.8) is 0 Å². The van der Waals surface area contributed by atoms with Crippen LogP contribution in [0.1, 0.15) is 30.9 Å². The maximum absolute atomic E-state index is 14.0. The summed E-state index contributed by atoms with van der Waals surface area (Å²) in [6.45, 7) is 4.82. The second-order valence-corrected chi connectivity index (χ2v) is 5.61. The molecule has 0 saturated heterocycles. The molecule has 0 aliphatic heterocycles. The summed E-state index contributed by atoms with van der Waals surface area (Å²) in [5, 5.41) is 3.36. The number of hydrogen-bond acceptors (Lipinski definition) is 1. The summed E-state index contributed by atoms with van der Waals surface area (Å²) in [6.07, 6.45) is 0.681. The van der Waals surface area contributed by atoms with Gasteiger partial charge in [-0.15, -0.1) is 0 Å². The fourth-order valence-corrected chi connectivity index (χ4v) is 2.38. The van der Waals surface area contributed by atoms with Gasteiger partial charge >= 0.3 is 0 Å². The van der Waals surface area contributed by atoms with E-state index in [2.05, 4.69) is 19.2 Å². The van der Waals surface area contributed by atoms with E-state index in [4.69, 9.17) is 0 Å². The predicted molar refractivity (Wildman–Crippen MR) is 82.4 cm³/mol. The molecule has 0 aromatic heterocycles. The smallest absolute Gasteiger partial charge is 0.126 e. The fraction of sp³-hybridized carbons (Fsp3) is 0.333. The van der Waals surface area contributed by atoms with E-state index in [0.29, 0.717) is 24.6 Å². The van der Waals surface area contributed by atoms with Gasteiger partial charge in [0.25, 0.3) is 0 Å². The molecule has 3 heteroatoms. The van der Waals surface area contributed by atoms with E-state index in [9.17, 15) is 8.78 Å². The predicted octanol–water partition coefficient (Wildman–Crippen LogP) is 4.29. The van der Waals surface area contributed by atoms with Crippen LogP contribution in [0.5, 0.6) is 0 Å². The Hall–Kier alpha value is -1.74. The van der Waals surface area contributed by atoms with Gasteiger partial charge in [-0.2, -0.15) is 0 Å². The Bertz CT molecular complexity index is 564. The van der Waals surface area contributed by atoms with Crippen molar-refractivity contribution in [2.24, 2.45) is 0 Å². The summed E-state index contributed by atoms with van der Waals surface area (Å²) >= 11 is 0. The molecule has 2 rings (SSSR count). The van der Waals surface area contributed by atoms with E-state index in [1.165, 1.54) is 18.2 Å². The molecule has 2 aromatic rings. The molecule has 0 bridgehead atoms. The molecular weight excluding hydrogens is 268 g/mol. The van der Waals surface area contributed by atoms with Crippen LogP contribution in [0.15, 0.2) is 48.5 Å². The Morgan fingerprint density at radius 1 is 0.952 bits per heavy atom. The van der Waals surface area contributed by atoms with Crippen LogP contribution in [0.4, 0.5) is 8.78 Å². The average molecular weight is 289 g/mol. The Balaban J connectivity index is 2.19. The molecule has 1 unspecified atom stereocenters. The second kappa shape index (κ2) is 7.32. The highest BCUT2D eigenvalue weighted by atomic mass is 19.1. The lowest BCUT2D eigenvalue weighted by Crippen LogP contribution is -2.29. The summed E-state index contributed by atoms with van der Waals surface area (Å²) in [6, 6.07) is 13.6. The third kappa shape index (κ3) is 4.64. The third-order valence-corrected chi connectivity index (χ3v) is 3.51. The lowest BCUT2D eigenvalue weighted by Gasteiger charge is -2.20. The molecule has 0 aliphatic carbocycles. The summed E-state index contributed by atoms with van der Waals surface area (Å²) in [4.78, 5) is 0. The monoisotopic (exact) mass is 289 g/mol. The van der Waals surface area contributed by atoms with Crippen LogP contribution in [-0.4, -0.2) is 12.6 Å². The summed E-state index contributed by atoms with van der Waals surface area (Å²) in [5.41, 5.74) is 1.71. The lowest BCUT2D eigenvalue weighted by molar-refractivity contribution is 0.505. The first-order valence-corrected chi connectivity index (χ1v) is 7.28. The number of benzene rings is 2. The van der Waals surface area contributed by atoms with E-state index < -0.39 is 0 Å². The van der Waals surface area contributed by atoms with Crippen molar-refractivity contribution < 1.29 is 8.78 Å². The molecule has 0 spiro atoms. The minimum atomic E-state index is -0.249. The van der Waals surface area contributed by atoms with Crippen molar-refractivity contribution in [1.29, 1.82) is 0 Å². The Labute approximate surface area is 125 Å². The maximum atomic E-state index is 14.0. The largest absolute Gasteiger partial charge is 0.314 e. The van der Waals surface area contributed by atoms with Crippen molar-refractivity contribution in [3.05, 3.63) is 71.3 Å². The van der Waals surface area contributed by atoms with E-state index in [1.807, 2.05) is 12.1 Å². The molecule has 0 radical (unpaired) electrons. The zero-order chi connectivity index (χ0) is 15.2. The van der Waals surface area contributed by atoms with Crippen molar-refractivity contribution >= 4 is 0 Å². The quantitative estimate of drug-likeness (QED) is 0.836. The average Bonchev–Trinajstić information content (AvgIpc) is 2.46. The first-order chi connectivity index (χ1) is 10.1.